The first-order valence-corrected chi connectivity index (χ1v) is 8.59. The Hall–Kier alpha value is -2.69. The van der Waals surface area contributed by atoms with E-state index in [1.807, 2.05) is 24.3 Å². The first-order valence-electron chi connectivity index (χ1n) is 8.59. The van der Waals surface area contributed by atoms with Crippen molar-refractivity contribution in [3.63, 3.8) is 0 Å². The van der Waals surface area contributed by atoms with Crippen LogP contribution in [0.2, 0.25) is 0 Å². The maximum atomic E-state index is 12.7. The van der Waals surface area contributed by atoms with Crippen molar-refractivity contribution in [3.05, 3.63) is 53.6 Å². The van der Waals surface area contributed by atoms with Gasteiger partial charge in [-0.15, -0.1) is 0 Å². The molecular weight excluding hydrogens is 318 g/mol. The molecule has 1 heterocycles. The van der Waals surface area contributed by atoms with Gasteiger partial charge in [-0.25, -0.2) is 0 Å². The highest BCUT2D eigenvalue weighted by Crippen LogP contribution is 2.41. The minimum atomic E-state index is -0.0929. The third kappa shape index (κ3) is 3.40. The van der Waals surface area contributed by atoms with Crippen LogP contribution in [-0.4, -0.2) is 26.2 Å². The maximum Gasteiger partial charge on any atom is 0.251 e. The van der Waals surface area contributed by atoms with Crippen LogP contribution in [-0.2, 0) is 0 Å². The molecule has 2 aromatic carbocycles. The summed E-state index contributed by atoms with van der Waals surface area (Å²) in [5, 5.41) is 3.18. The Balaban J connectivity index is 1.52. The lowest BCUT2D eigenvalue weighted by atomic mass is 10.0. The topological polar surface area (TPSA) is 56.8 Å². The van der Waals surface area contributed by atoms with Crippen molar-refractivity contribution in [2.24, 2.45) is 5.92 Å². The van der Waals surface area contributed by atoms with Crippen LogP contribution >= 0.6 is 0 Å². The maximum absolute atomic E-state index is 12.7. The van der Waals surface area contributed by atoms with E-state index in [0.29, 0.717) is 36.2 Å². The number of ether oxygens (including phenoxy) is 3. The molecule has 25 heavy (non-hydrogen) atoms. The predicted molar refractivity (Wildman–Crippen MR) is 93.4 cm³/mol. The molecule has 0 saturated heterocycles. The molecule has 0 bridgehead atoms. The van der Waals surface area contributed by atoms with Gasteiger partial charge in [-0.3, -0.25) is 4.79 Å². The van der Waals surface area contributed by atoms with Crippen molar-refractivity contribution < 1.29 is 19.0 Å². The van der Waals surface area contributed by atoms with E-state index in [2.05, 4.69) is 5.32 Å². The SMILES string of the molecule is COc1ccc(C(NC(=O)c2ccc3c(c2)OCCO3)C2CC2)cc1. The van der Waals surface area contributed by atoms with Crippen LogP contribution in [0.3, 0.4) is 0 Å². The Labute approximate surface area is 146 Å². The molecule has 5 heteroatoms. The van der Waals surface area contributed by atoms with E-state index in [-0.39, 0.29) is 11.9 Å². The van der Waals surface area contributed by atoms with Crippen LogP contribution in [0.1, 0.15) is 34.8 Å². The summed E-state index contributed by atoms with van der Waals surface area (Å²) in [5.41, 5.74) is 1.69. The molecule has 1 aliphatic carbocycles. The van der Waals surface area contributed by atoms with Crippen molar-refractivity contribution in [2.45, 2.75) is 18.9 Å². The fraction of sp³-hybridized carbons (Fsp3) is 0.350. The Morgan fingerprint density at radius 1 is 1.08 bits per heavy atom. The Bertz CT molecular complexity index is 768. The highest BCUT2D eigenvalue weighted by molar-refractivity contribution is 5.95. The summed E-state index contributed by atoms with van der Waals surface area (Å²) in [6.07, 6.45) is 2.27. The predicted octanol–water partition coefficient (Wildman–Crippen LogP) is 3.35. The molecule has 1 amide bonds. The lowest BCUT2D eigenvalue weighted by Gasteiger charge is -2.21. The number of fused-ring (bicyclic) bond motifs is 1. The number of methoxy groups -OCH3 is 1. The summed E-state index contributed by atoms with van der Waals surface area (Å²) in [7, 11) is 1.65. The third-order valence-corrected chi connectivity index (χ3v) is 4.66. The number of carbonyl (C=O) groups is 1. The lowest BCUT2D eigenvalue weighted by molar-refractivity contribution is 0.0930. The van der Waals surface area contributed by atoms with Crippen molar-refractivity contribution in [3.8, 4) is 17.2 Å². The van der Waals surface area contributed by atoms with Gasteiger partial charge in [-0.2, -0.15) is 0 Å². The molecule has 1 unspecified atom stereocenters. The van der Waals surface area contributed by atoms with Gasteiger partial charge >= 0.3 is 0 Å². The molecule has 1 atom stereocenters. The highest BCUT2D eigenvalue weighted by Gasteiger charge is 2.33. The Morgan fingerprint density at radius 3 is 2.48 bits per heavy atom. The molecular formula is C20H21NO4. The van der Waals surface area contributed by atoms with Crippen LogP contribution in [0.25, 0.3) is 0 Å². The van der Waals surface area contributed by atoms with Crippen molar-refractivity contribution in [1.29, 1.82) is 0 Å². The number of carbonyl (C=O) groups excluding carboxylic acids is 1. The van der Waals surface area contributed by atoms with Gasteiger partial charge in [0.2, 0.25) is 0 Å². The van der Waals surface area contributed by atoms with E-state index in [0.717, 1.165) is 24.2 Å². The molecule has 0 spiro atoms. The molecule has 130 valence electrons. The summed E-state index contributed by atoms with van der Waals surface area (Å²) in [6.45, 7) is 1.05. The van der Waals surface area contributed by atoms with E-state index >= 15 is 0 Å². The summed E-state index contributed by atoms with van der Waals surface area (Å²) >= 11 is 0. The number of rotatable bonds is 5. The van der Waals surface area contributed by atoms with E-state index in [9.17, 15) is 4.79 Å². The van der Waals surface area contributed by atoms with Crippen LogP contribution in [0.5, 0.6) is 17.2 Å². The van der Waals surface area contributed by atoms with Crippen LogP contribution in [0, 0.1) is 5.92 Å². The molecule has 1 aliphatic heterocycles. The van der Waals surface area contributed by atoms with Gasteiger partial charge in [-0.05, 0) is 54.7 Å². The smallest absolute Gasteiger partial charge is 0.251 e. The summed E-state index contributed by atoms with van der Waals surface area (Å²) in [4.78, 5) is 12.7. The summed E-state index contributed by atoms with van der Waals surface area (Å²) in [5.74, 6) is 2.54. The minimum absolute atomic E-state index is 0.0200. The van der Waals surface area contributed by atoms with Gasteiger partial charge in [0.1, 0.15) is 19.0 Å². The van der Waals surface area contributed by atoms with Gasteiger partial charge < -0.3 is 19.5 Å². The molecule has 0 radical (unpaired) electrons. The monoisotopic (exact) mass is 339 g/mol. The standard InChI is InChI=1S/C20H21NO4/c1-23-16-7-4-14(5-8-16)19(13-2-3-13)21-20(22)15-6-9-17-18(12-15)25-11-10-24-17/h4-9,12-13,19H,2-3,10-11H2,1H3,(H,21,22). The molecule has 2 aromatic rings. The van der Waals surface area contributed by atoms with Gasteiger partial charge in [-0.1, -0.05) is 12.1 Å². The number of amides is 1. The van der Waals surface area contributed by atoms with Crippen LogP contribution in [0.15, 0.2) is 42.5 Å². The second-order valence-corrected chi connectivity index (χ2v) is 6.42. The van der Waals surface area contributed by atoms with E-state index in [4.69, 9.17) is 14.2 Å². The first-order chi connectivity index (χ1) is 12.2. The molecule has 5 nitrogen and oxygen atoms in total. The minimum Gasteiger partial charge on any atom is -0.497 e. The Kier molecular flexibility index (Phi) is 4.22. The first kappa shape index (κ1) is 15.8. The van der Waals surface area contributed by atoms with Gasteiger partial charge in [0.25, 0.3) is 5.91 Å². The molecule has 1 fully saturated rings. The molecule has 1 N–H and O–H groups in total. The van der Waals surface area contributed by atoms with Crippen LogP contribution in [0.4, 0.5) is 0 Å². The van der Waals surface area contributed by atoms with Gasteiger partial charge in [0, 0.05) is 5.56 Å². The van der Waals surface area contributed by atoms with Gasteiger partial charge in [0.15, 0.2) is 11.5 Å². The fourth-order valence-corrected chi connectivity index (χ4v) is 3.12. The average Bonchev–Trinajstić information content (AvgIpc) is 3.51. The van der Waals surface area contributed by atoms with Crippen molar-refractivity contribution in [2.75, 3.05) is 20.3 Å². The summed E-state index contributed by atoms with van der Waals surface area (Å²) < 4.78 is 16.3. The fourth-order valence-electron chi connectivity index (χ4n) is 3.12. The van der Waals surface area contributed by atoms with E-state index in [1.165, 1.54) is 0 Å². The van der Waals surface area contributed by atoms with E-state index in [1.54, 1.807) is 25.3 Å². The summed E-state index contributed by atoms with van der Waals surface area (Å²) in [6, 6.07) is 13.2. The van der Waals surface area contributed by atoms with E-state index < -0.39 is 0 Å². The molecule has 0 aromatic heterocycles. The van der Waals surface area contributed by atoms with Crippen molar-refractivity contribution in [1.82, 2.24) is 5.32 Å². The lowest BCUT2D eigenvalue weighted by Crippen LogP contribution is -2.30. The van der Waals surface area contributed by atoms with Gasteiger partial charge in [0.05, 0.1) is 13.2 Å². The molecule has 4 rings (SSSR count). The largest absolute Gasteiger partial charge is 0.497 e. The zero-order valence-corrected chi connectivity index (χ0v) is 14.2. The molecule has 1 saturated carbocycles. The van der Waals surface area contributed by atoms with Crippen molar-refractivity contribution >= 4 is 5.91 Å². The zero-order valence-electron chi connectivity index (χ0n) is 14.2. The molecule has 2 aliphatic rings. The highest BCUT2D eigenvalue weighted by atomic mass is 16.6. The average molecular weight is 339 g/mol. The number of hydrogen-bond acceptors (Lipinski definition) is 4. The normalized spacial score (nSPS) is 16.8. The number of nitrogens with one attached hydrogen (secondary N) is 1. The van der Waals surface area contributed by atoms with Crippen LogP contribution < -0.4 is 19.5 Å². The second kappa shape index (κ2) is 6.67. The second-order valence-electron chi connectivity index (χ2n) is 6.42. The quantitative estimate of drug-likeness (QED) is 0.908. The third-order valence-electron chi connectivity index (χ3n) is 4.66. The Morgan fingerprint density at radius 2 is 1.80 bits per heavy atom. The zero-order chi connectivity index (χ0) is 17.2. The number of benzene rings is 2. The number of hydrogen-bond donors (Lipinski definition) is 1.